The van der Waals surface area contributed by atoms with Crippen molar-refractivity contribution in [3.05, 3.63) is 39.4 Å². The first-order valence-corrected chi connectivity index (χ1v) is 5.67. The van der Waals surface area contributed by atoms with Gasteiger partial charge in [0, 0.05) is 12.1 Å². The molecule has 0 radical (unpaired) electrons. The number of benzene rings is 1. The number of para-hydroxylation sites is 1. The Balaban J connectivity index is 2.92. The molecule has 0 aliphatic carbocycles. The third kappa shape index (κ3) is 3.27. The summed E-state index contributed by atoms with van der Waals surface area (Å²) in [5.41, 5.74) is 0.257. The number of hydrogen-bond acceptors (Lipinski definition) is 4. The lowest BCUT2D eigenvalue weighted by Gasteiger charge is -2.10. The number of aliphatic hydroxyl groups is 1. The van der Waals surface area contributed by atoms with Crippen molar-refractivity contribution < 1.29 is 14.8 Å². The summed E-state index contributed by atoms with van der Waals surface area (Å²) in [4.78, 5) is 22.2. The molecule has 0 saturated carbocycles. The van der Waals surface area contributed by atoms with Gasteiger partial charge in [-0.05, 0) is 19.4 Å². The van der Waals surface area contributed by atoms with Gasteiger partial charge in [0.2, 0.25) is 0 Å². The Morgan fingerprint density at radius 3 is 2.78 bits per heavy atom. The average Bonchev–Trinajstić information content (AvgIpc) is 2.34. The van der Waals surface area contributed by atoms with Crippen molar-refractivity contribution in [1.82, 2.24) is 5.32 Å². The monoisotopic (exact) mass is 252 g/mol. The molecule has 6 heteroatoms. The summed E-state index contributed by atoms with van der Waals surface area (Å²) in [6.45, 7) is 3.45. The van der Waals surface area contributed by atoms with Gasteiger partial charge in [-0.2, -0.15) is 0 Å². The maximum atomic E-state index is 11.8. The van der Waals surface area contributed by atoms with Gasteiger partial charge in [-0.1, -0.05) is 19.1 Å². The molecule has 1 amide bonds. The van der Waals surface area contributed by atoms with Gasteiger partial charge in [0.25, 0.3) is 11.6 Å². The Hall–Kier alpha value is -1.95. The molecule has 0 bridgehead atoms. The molecule has 1 unspecified atom stereocenters. The highest BCUT2D eigenvalue weighted by molar-refractivity contribution is 5.98. The van der Waals surface area contributed by atoms with Crippen molar-refractivity contribution in [2.24, 2.45) is 0 Å². The molecule has 0 spiro atoms. The van der Waals surface area contributed by atoms with E-state index in [0.717, 1.165) is 0 Å². The van der Waals surface area contributed by atoms with Crippen molar-refractivity contribution in [2.75, 3.05) is 6.54 Å². The van der Waals surface area contributed by atoms with Crippen LogP contribution in [0.3, 0.4) is 0 Å². The number of nitrogens with one attached hydrogen (secondary N) is 1. The highest BCUT2D eigenvalue weighted by Gasteiger charge is 2.22. The molecule has 1 atom stereocenters. The van der Waals surface area contributed by atoms with Gasteiger partial charge in [0.05, 0.1) is 11.0 Å². The van der Waals surface area contributed by atoms with Crippen molar-refractivity contribution in [3.63, 3.8) is 0 Å². The summed E-state index contributed by atoms with van der Waals surface area (Å²) >= 11 is 0. The van der Waals surface area contributed by atoms with Crippen molar-refractivity contribution >= 4 is 11.6 Å². The van der Waals surface area contributed by atoms with Crippen LogP contribution in [0.5, 0.6) is 0 Å². The third-order valence-corrected chi connectivity index (χ3v) is 2.63. The van der Waals surface area contributed by atoms with E-state index in [1.807, 2.05) is 0 Å². The summed E-state index contributed by atoms with van der Waals surface area (Å²) in [6.07, 6.45) is -0.131. The Labute approximate surface area is 105 Å². The molecule has 1 rings (SSSR count). The minimum atomic E-state index is -0.641. The molecule has 0 saturated heterocycles. The van der Waals surface area contributed by atoms with Crippen molar-refractivity contribution in [2.45, 2.75) is 26.4 Å². The Kier molecular flexibility index (Phi) is 4.79. The van der Waals surface area contributed by atoms with E-state index in [1.54, 1.807) is 26.0 Å². The van der Waals surface area contributed by atoms with E-state index < -0.39 is 16.9 Å². The predicted octanol–water partition coefficient (Wildman–Crippen LogP) is 1.40. The van der Waals surface area contributed by atoms with Crippen LogP contribution in [-0.2, 0) is 0 Å². The number of carbonyl (C=O) groups is 1. The summed E-state index contributed by atoms with van der Waals surface area (Å²) < 4.78 is 0. The fourth-order valence-electron chi connectivity index (χ4n) is 1.53. The topological polar surface area (TPSA) is 92.5 Å². The molecule has 0 aliphatic rings. The Morgan fingerprint density at radius 2 is 2.22 bits per heavy atom. The molecular formula is C12H16N2O4. The second-order valence-corrected chi connectivity index (χ2v) is 4.00. The van der Waals surface area contributed by atoms with Crippen molar-refractivity contribution in [3.8, 4) is 0 Å². The van der Waals surface area contributed by atoms with Crippen LogP contribution in [0.25, 0.3) is 0 Å². The van der Waals surface area contributed by atoms with E-state index in [1.165, 1.54) is 6.07 Å². The number of rotatable bonds is 5. The van der Waals surface area contributed by atoms with Crippen LogP contribution >= 0.6 is 0 Å². The quantitative estimate of drug-likeness (QED) is 0.612. The minimum absolute atomic E-state index is 0.0169. The van der Waals surface area contributed by atoms with Crippen molar-refractivity contribution in [1.29, 1.82) is 0 Å². The fraction of sp³-hybridized carbons (Fsp3) is 0.417. The van der Waals surface area contributed by atoms with Crippen LogP contribution < -0.4 is 5.32 Å². The second kappa shape index (κ2) is 6.11. The number of nitro groups is 1. The standard InChI is InChI=1S/C12H16N2O4/c1-3-9(15)7-13-12(16)10-6-4-5-8(2)11(10)14(17)18/h4-6,9,15H,3,7H2,1-2H3,(H,13,16). The molecule has 0 aromatic heterocycles. The average molecular weight is 252 g/mol. The SMILES string of the molecule is CCC(O)CNC(=O)c1cccc(C)c1[N+](=O)[O-]. The number of amides is 1. The summed E-state index contributed by atoms with van der Waals surface area (Å²) in [6, 6.07) is 4.57. The summed E-state index contributed by atoms with van der Waals surface area (Å²) in [7, 11) is 0. The first-order chi connectivity index (χ1) is 8.47. The van der Waals surface area contributed by atoms with Gasteiger partial charge in [-0.3, -0.25) is 14.9 Å². The first kappa shape index (κ1) is 14.1. The zero-order chi connectivity index (χ0) is 13.7. The highest BCUT2D eigenvalue weighted by atomic mass is 16.6. The number of aliphatic hydroxyl groups excluding tert-OH is 1. The molecule has 98 valence electrons. The molecule has 6 nitrogen and oxygen atoms in total. The summed E-state index contributed by atoms with van der Waals surface area (Å²) in [5, 5.41) is 22.7. The van der Waals surface area contributed by atoms with E-state index >= 15 is 0 Å². The Morgan fingerprint density at radius 1 is 1.56 bits per heavy atom. The normalized spacial score (nSPS) is 11.9. The lowest BCUT2D eigenvalue weighted by Crippen LogP contribution is -2.32. The molecule has 1 aromatic carbocycles. The molecule has 0 aliphatic heterocycles. The predicted molar refractivity (Wildman–Crippen MR) is 66.5 cm³/mol. The fourth-order valence-corrected chi connectivity index (χ4v) is 1.53. The zero-order valence-corrected chi connectivity index (χ0v) is 10.3. The number of carbonyl (C=O) groups excluding carboxylic acids is 1. The number of hydrogen-bond donors (Lipinski definition) is 2. The molecule has 0 fully saturated rings. The van der Waals surface area contributed by atoms with Gasteiger partial charge in [-0.25, -0.2) is 0 Å². The van der Waals surface area contributed by atoms with Gasteiger partial charge >= 0.3 is 0 Å². The lowest BCUT2D eigenvalue weighted by molar-refractivity contribution is -0.385. The zero-order valence-electron chi connectivity index (χ0n) is 10.3. The van der Waals surface area contributed by atoms with Gasteiger partial charge in [-0.15, -0.1) is 0 Å². The number of nitro benzene ring substituents is 1. The van der Waals surface area contributed by atoms with Gasteiger partial charge in [0.1, 0.15) is 5.56 Å². The smallest absolute Gasteiger partial charge is 0.285 e. The molecule has 18 heavy (non-hydrogen) atoms. The molecule has 0 heterocycles. The molecule has 1 aromatic rings. The largest absolute Gasteiger partial charge is 0.391 e. The van der Waals surface area contributed by atoms with Crippen LogP contribution in [0, 0.1) is 17.0 Å². The third-order valence-electron chi connectivity index (χ3n) is 2.63. The van der Waals surface area contributed by atoms with E-state index in [-0.39, 0.29) is 17.8 Å². The van der Waals surface area contributed by atoms with Gasteiger partial charge < -0.3 is 10.4 Å². The minimum Gasteiger partial charge on any atom is -0.391 e. The van der Waals surface area contributed by atoms with Crippen LogP contribution in [-0.4, -0.2) is 28.6 Å². The van der Waals surface area contributed by atoms with Crippen LogP contribution in [0.2, 0.25) is 0 Å². The highest BCUT2D eigenvalue weighted by Crippen LogP contribution is 2.22. The van der Waals surface area contributed by atoms with Gasteiger partial charge in [0.15, 0.2) is 0 Å². The maximum Gasteiger partial charge on any atom is 0.285 e. The number of aryl methyl sites for hydroxylation is 1. The first-order valence-electron chi connectivity index (χ1n) is 5.67. The van der Waals surface area contributed by atoms with E-state index in [2.05, 4.69) is 5.32 Å². The molecule has 2 N–H and O–H groups in total. The van der Waals surface area contributed by atoms with E-state index in [9.17, 15) is 20.0 Å². The number of nitrogens with zero attached hydrogens (tertiary/aromatic N) is 1. The van der Waals surface area contributed by atoms with Crippen LogP contribution in [0.15, 0.2) is 18.2 Å². The van der Waals surface area contributed by atoms with Crippen LogP contribution in [0.4, 0.5) is 5.69 Å². The Bertz CT molecular complexity index is 459. The second-order valence-electron chi connectivity index (χ2n) is 4.00. The van der Waals surface area contributed by atoms with E-state index in [0.29, 0.717) is 12.0 Å². The molecular weight excluding hydrogens is 236 g/mol. The maximum absolute atomic E-state index is 11.8. The van der Waals surface area contributed by atoms with Crippen LogP contribution in [0.1, 0.15) is 29.3 Å². The lowest BCUT2D eigenvalue weighted by atomic mass is 10.1. The summed E-state index contributed by atoms with van der Waals surface area (Å²) in [5.74, 6) is -0.544. The van der Waals surface area contributed by atoms with E-state index in [4.69, 9.17) is 0 Å².